The number of hydrazine groups is 1. The van der Waals surface area contributed by atoms with Crippen molar-refractivity contribution in [3.63, 3.8) is 0 Å². The van der Waals surface area contributed by atoms with Gasteiger partial charge in [0.25, 0.3) is 0 Å². The summed E-state index contributed by atoms with van der Waals surface area (Å²) in [5.41, 5.74) is 3.11. The van der Waals surface area contributed by atoms with Crippen LogP contribution in [0.2, 0.25) is 0 Å². The zero-order valence-electron chi connectivity index (χ0n) is 8.03. The number of nitrogens with zero attached hydrogens (tertiary/aromatic N) is 3. The van der Waals surface area contributed by atoms with E-state index in [4.69, 9.17) is 16.3 Å². The van der Waals surface area contributed by atoms with E-state index in [1.165, 1.54) is 0 Å². The van der Waals surface area contributed by atoms with Gasteiger partial charge in [0.2, 0.25) is 0 Å². The lowest BCUT2D eigenvalue weighted by molar-refractivity contribution is 0.0431. The molecule has 1 fully saturated rings. The average molecular weight is 217 g/mol. The molecule has 1 saturated heterocycles. The Kier molecular flexibility index (Phi) is 2.79. The van der Waals surface area contributed by atoms with Gasteiger partial charge in [0, 0.05) is 26.2 Å². The van der Waals surface area contributed by atoms with E-state index in [-0.39, 0.29) is 0 Å². The number of rotatable bonds is 1. The van der Waals surface area contributed by atoms with Crippen molar-refractivity contribution < 1.29 is 4.74 Å². The molecule has 1 N–H and O–H groups in total. The van der Waals surface area contributed by atoms with Crippen LogP contribution in [0.3, 0.4) is 0 Å². The van der Waals surface area contributed by atoms with Gasteiger partial charge in [-0.15, -0.1) is 5.10 Å². The van der Waals surface area contributed by atoms with Gasteiger partial charge in [-0.3, -0.25) is 5.43 Å². The molecule has 2 rings (SSSR count). The number of hydrogen-bond donors (Lipinski definition) is 1. The largest absolute Gasteiger partial charge is 0.378 e. The Bertz CT molecular complexity index is 273. The summed E-state index contributed by atoms with van der Waals surface area (Å²) in [6, 6.07) is 0. The smallest absolute Gasteiger partial charge is 0.154 e. The van der Waals surface area contributed by atoms with Gasteiger partial charge in [-0.25, -0.2) is 5.12 Å². The Labute approximate surface area is 87.9 Å². The number of nitrogens with one attached hydrogen (secondary N) is 1. The summed E-state index contributed by atoms with van der Waals surface area (Å²) in [4.78, 5) is 2.19. The molecule has 0 radical (unpaired) electrons. The average Bonchev–Trinajstić information content (AvgIpc) is 2.18. The lowest BCUT2D eigenvalue weighted by atomic mass is 10.4. The van der Waals surface area contributed by atoms with Crippen LogP contribution in [0.5, 0.6) is 0 Å². The maximum Gasteiger partial charge on any atom is 0.154 e. The first-order valence-electron chi connectivity index (χ1n) is 4.54. The Morgan fingerprint density at radius 2 is 2.21 bits per heavy atom. The van der Waals surface area contributed by atoms with E-state index in [0.29, 0.717) is 5.17 Å². The molecule has 0 bridgehead atoms. The quantitative estimate of drug-likeness (QED) is 0.678. The molecule has 0 saturated carbocycles. The molecular formula is C8H13ClN4O. The topological polar surface area (TPSA) is 40.1 Å². The van der Waals surface area contributed by atoms with Crippen LogP contribution in [0.1, 0.15) is 0 Å². The molecule has 0 aromatic carbocycles. The molecule has 6 heteroatoms. The maximum absolute atomic E-state index is 5.86. The van der Waals surface area contributed by atoms with Crippen LogP contribution in [0.4, 0.5) is 0 Å². The van der Waals surface area contributed by atoms with Crippen molar-refractivity contribution in [2.45, 2.75) is 0 Å². The Morgan fingerprint density at radius 3 is 2.86 bits per heavy atom. The summed E-state index contributed by atoms with van der Waals surface area (Å²) in [5.74, 6) is 0.982. The van der Waals surface area contributed by atoms with Crippen LogP contribution >= 0.6 is 11.6 Å². The normalized spacial score (nSPS) is 22.7. The zero-order chi connectivity index (χ0) is 9.97. The fraction of sp³-hybridized carbons (Fsp3) is 0.625. The van der Waals surface area contributed by atoms with Crippen LogP contribution in [-0.4, -0.2) is 48.5 Å². The van der Waals surface area contributed by atoms with E-state index in [9.17, 15) is 0 Å². The second-order valence-corrected chi connectivity index (χ2v) is 3.57. The summed E-state index contributed by atoms with van der Waals surface area (Å²) >= 11 is 5.86. The van der Waals surface area contributed by atoms with Gasteiger partial charge in [-0.2, -0.15) is 0 Å². The summed E-state index contributed by atoms with van der Waals surface area (Å²) in [5, 5.41) is 6.10. The van der Waals surface area contributed by atoms with Crippen LogP contribution in [0, 0.1) is 0 Å². The molecule has 0 aromatic rings. The minimum absolute atomic E-state index is 0.493. The van der Waals surface area contributed by atoms with Gasteiger partial charge in [-0.05, 0) is 0 Å². The van der Waals surface area contributed by atoms with Crippen LogP contribution < -0.4 is 5.43 Å². The third-order valence-electron chi connectivity index (χ3n) is 2.13. The second-order valence-electron chi connectivity index (χ2n) is 3.19. The summed E-state index contributed by atoms with van der Waals surface area (Å²) < 4.78 is 5.27. The van der Waals surface area contributed by atoms with Crippen molar-refractivity contribution in [3.05, 3.63) is 11.9 Å². The number of hydrogen-bond acceptors (Lipinski definition) is 5. The highest BCUT2D eigenvalue weighted by molar-refractivity contribution is 6.68. The van der Waals surface area contributed by atoms with E-state index < -0.39 is 0 Å². The van der Waals surface area contributed by atoms with Crippen LogP contribution in [-0.2, 0) is 4.74 Å². The maximum atomic E-state index is 5.86. The van der Waals surface area contributed by atoms with Crippen molar-refractivity contribution in [1.82, 2.24) is 15.4 Å². The molecule has 0 aromatic heterocycles. The molecule has 0 atom stereocenters. The number of hydrazone groups is 1. The summed E-state index contributed by atoms with van der Waals surface area (Å²) in [6.07, 6.45) is 1.83. The highest BCUT2D eigenvalue weighted by Crippen LogP contribution is 2.10. The number of morpholine rings is 1. The first kappa shape index (κ1) is 9.61. The molecule has 2 aliphatic heterocycles. The van der Waals surface area contributed by atoms with Gasteiger partial charge >= 0.3 is 0 Å². The highest BCUT2D eigenvalue weighted by Gasteiger charge is 2.17. The molecule has 78 valence electrons. The summed E-state index contributed by atoms with van der Waals surface area (Å²) in [6.45, 7) is 3.29. The molecule has 0 unspecified atom stereocenters. The fourth-order valence-electron chi connectivity index (χ4n) is 1.47. The summed E-state index contributed by atoms with van der Waals surface area (Å²) in [7, 11) is 1.82. The van der Waals surface area contributed by atoms with Gasteiger partial charge in [0.15, 0.2) is 5.17 Å². The monoisotopic (exact) mass is 216 g/mol. The molecule has 0 amide bonds. The van der Waals surface area contributed by atoms with Crippen molar-refractivity contribution >= 4 is 16.8 Å². The van der Waals surface area contributed by atoms with Crippen molar-refractivity contribution in [2.75, 3.05) is 33.4 Å². The van der Waals surface area contributed by atoms with E-state index in [2.05, 4.69) is 15.4 Å². The fourth-order valence-corrected chi connectivity index (χ4v) is 1.69. The molecule has 0 spiro atoms. The van der Waals surface area contributed by atoms with E-state index >= 15 is 0 Å². The third kappa shape index (κ3) is 2.10. The Morgan fingerprint density at radius 1 is 1.50 bits per heavy atom. The minimum atomic E-state index is 0.493. The predicted molar refractivity (Wildman–Crippen MR) is 54.7 cm³/mol. The standard InChI is InChI=1S/C8H13ClN4O/c1-12-10-7(9)6-8(11-12)13-2-4-14-5-3-13/h6,11H,2-5H2,1H3. The van der Waals surface area contributed by atoms with E-state index in [1.807, 2.05) is 13.1 Å². The van der Waals surface area contributed by atoms with Gasteiger partial charge in [0.05, 0.1) is 13.2 Å². The lowest BCUT2D eigenvalue weighted by Gasteiger charge is -2.34. The van der Waals surface area contributed by atoms with Gasteiger partial charge in [0.1, 0.15) is 5.82 Å². The first-order valence-corrected chi connectivity index (χ1v) is 4.92. The number of ether oxygens (including phenoxy) is 1. The highest BCUT2D eigenvalue weighted by atomic mass is 35.5. The zero-order valence-corrected chi connectivity index (χ0v) is 8.79. The molecule has 2 aliphatic rings. The molecule has 2 heterocycles. The van der Waals surface area contributed by atoms with E-state index in [0.717, 1.165) is 32.1 Å². The third-order valence-corrected chi connectivity index (χ3v) is 2.31. The van der Waals surface area contributed by atoms with Crippen molar-refractivity contribution in [3.8, 4) is 0 Å². The molecule has 14 heavy (non-hydrogen) atoms. The SMILES string of the molecule is CN1N=C(Cl)C=C(N2CCOCC2)N1. The van der Waals surface area contributed by atoms with Gasteiger partial charge in [-0.1, -0.05) is 11.6 Å². The van der Waals surface area contributed by atoms with Crippen LogP contribution in [0.15, 0.2) is 17.0 Å². The van der Waals surface area contributed by atoms with E-state index in [1.54, 1.807) is 5.12 Å². The van der Waals surface area contributed by atoms with Crippen molar-refractivity contribution in [2.24, 2.45) is 5.10 Å². The predicted octanol–water partition coefficient (Wildman–Crippen LogP) is 0.162. The lowest BCUT2D eigenvalue weighted by Crippen LogP contribution is -2.45. The minimum Gasteiger partial charge on any atom is -0.378 e. The van der Waals surface area contributed by atoms with Gasteiger partial charge < -0.3 is 9.64 Å². The van der Waals surface area contributed by atoms with Crippen LogP contribution in [0.25, 0.3) is 0 Å². The Balaban J connectivity index is 2.06. The van der Waals surface area contributed by atoms with Crippen molar-refractivity contribution in [1.29, 1.82) is 0 Å². The molecule has 5 nitrogen and oxygen atoms in total. The second kappa shape index (κ2) is 4.06. The Hall–Kier alpha value is -0.940. The molecular weight excluding hydrogens is 204 g/mol. The number of halogens is 1. The first-order chi connectivity index (χ1) is 6.75. The molecule has 0 aliphatic carbocycles. The number of allylic oxidation sites excluding steroid dienone is 1.